The Labute approximate surface area is 119 Å². The molecule has 7 heteroatoms. The van der Waals surface area contributed by atoms with Crippen molar-refractivity contribution < 1.29 is 22.8 Å². The van der Waals surface area contributed by atoms with E-state index in [0.29, 0.717) is 6.42 Å². The minimum atomic E-state index is -4.42. The molecule has 0 aliphatic heterocycles. The van der Waals surface area contributed by atoms with Gasteiger partial charge in [0.15, 0.2) is 0 Å². The summed E-state index contributed by atoms with van der Waals surface area (Å²) >= 11 is 0. The van der Waals surface area contributed by atoms with Gasteiger partial charge in [0.05, 0.1) is 17.6 Å². The molecule has 2 aromatic rings. The molecule has 0 aliphatic rings. The Morgan fingerprint density at radius 2 is 2.05 bits per heavy atom. The zero-order valence-electron chi connectivity index (χ0n) is 11.6. The van der Waals surface area contributed by atoms with Crippen LogP contribution in [0.4, 0.5) is 13.2 Å². The number of aliphatic hydroxyl groups is 1. The topological polar surface area (TPSA) is 59.2 Å². The van der Waals surface area contributed by atoms with E-state index in [4.69, 9.17) is 4.52 Å². The van der Waals surface area contributed by atoms with Crippen LogP contribution in [0.2, 0.25) is 0 Å². The molecule has 1 heterocycles. The summed E-state index contributed by atoms with van der Waals surface area (Å²) in [5.41, 5.74) is -0.547. The van der Waals surface area contributed by atoms with Gasteiger partial charge in [0.25, 0.3) is 0 Å². The molecule has 21 heavy (non-hydrogen) atoms. The van der Waals surface area contributed by atoms with Crippen LogP contribution in [0.3, 0.4) is 0 Å². The maximum absolute atomic E-state index is 12.7. The Hall–Kier alpha value is -1.89. The van der Waals surface area contributed by atoms with Gasteiger partial charge in [-0.15, -0.1) is 0 Å². The molecule has 0 amide bonds. The highest BCUT2D eigenvalue weighted by molar-refractivity contribution is 5.55. The highest BCUT2D eigenvalue weighted by Gasteiger charge is 2.31. The van der Waals surface area contributed by atoms with Crippen molar-refractivity contribution in [3.05, 3.63) is 35.7 Å². The van der Waals surface area contributed by atoms with E-state index >= 15 is 0 Å². The lowest BCUT2D eigenvalue weighted by Crippen LogP contribution is -2.14. The second kappa shape index (κ2) is 5.85. The third kappa shape index (κ3) is 3.41. The molecule has 0 fully saturated rings. The van der Waals surface area contributed by atoms with E-state index < -0.39 is 17.8 Å². The lowest BCUT2D eigenvalue weighted by molar-refractivity contribution is -0.137. The SMILES string of the molecule is CCC(c1nc(-c2cccc(C(F)(F)F)c2)no1)C(C)O. The first-order chi connectivity index (χ1) is 9.82. The Kier molecular flexibility index (Phi) is 4.32. The van der Waals surface area contributed by atoms with Gasteiger partial charge >= 0.3 is 6.18 Å². The van der Waals surface area contributed by atoms with Crippen LogP contribution in [0.5, 0.6) is 0 Å². The number of benzene rings is 1. The Bertz CT molecular complexity index is 608. The van der Waals surface area contributed by atoms with Crippen molar-refractivity contribution >= 4 is 0 Å². The Morgan fingerprint density at radius 1 is 1.33 bits per heavy atom. The van der Waals surface area contributed by atoms with Gasteiger partial charge in [0, 0.05) is 5.56 Å². The highest BCUT2D eigenvalue weighted by Crippen LogP contribution is 2.32. The van der Waals surface area contributed by atoms with Crippen LogP contribution in [-0.2, 0) is 6.18 Å². The molecule has 0 radical (unpaired) electrons. The van der Waals surface area contributed by atoms with Crippen LogP contribution < -0.4 is 0 Å². The first-order valence-electron chi connectivity index (χ1n) is 6.52. The maximum Gasteiger partial charge on any atom is 0.416 e. The second-order valence-electron chi connectivity index (χ2n) is 4.79. The molecule has 0 spiro atoms. The molecule has 2 unspecified atom stereocenters. The average molecular weight is 300 g/mol. The molecular weight excluding hydrogens is 285 g/mol. The van der Waals surface area contributed by atoms with E-state index in [-0.39, 0.29) is 23.2 Å². The maximum atomic E-state index is 12.7. The molecular formula is C14H15F3N2O2. The quantitative estimate of drug-likeness (QED) is 0.936. The Morgan fingerprint density at radius 3 is 2.62 bits per heavy atom. The standard InChI is InChI=1S/C14H15F3N2O2/c1-3-11(8(2)20)13-18-12(19-21-13)9-5-4-6-10(7-9)14(15,16)17/h4-8,11,20H,3H2,1-2H3. The second-order valence-corrected chi connectivity index (χ2v) is 4.79. The lowest BCUT2D eigenvalue weighted by Gasteiger charge is -2.12. The van der Waals surface area contributed by atoms with Crippen LogP contribution in [0, 0.1) is 0 Å². The molecule has 2 rings (SSSR count). The first kappa shape index (κ1) is 15.5. The Balaban J connectivity index is 2.34. The van der Waals surface area contributed by atoms with Crippen LogP contribution >= 0.6 is 0 Å². The largest absolute Gasteiger partial charge is 0.416 e. The normalized spacial score (nSPS) is 15.0. The minimum Gasteiger partial charge on any atom is -0.393 e. The third-order valence-corrected chi connectivity index (χ3v) is 3.23. The molecule has 0 bridgehead atoms. The zero-order valence-corrected chi connectivity index (χ0v) is 11.6. The van der Waals surface area contributed by atoms with E-state index in [0.717, 1.165) is 12.1 Å². The fourth-order valence-corrected chi connectivity index (χ4v) is 2.06. The molecule has 1 N–H and O–H groups in total. The van der Waals surface area contributed by atoms with Gasteiger partial charge < -0.3 is 9.63 Å². The smallest absolute Gasteiger partial charge is 0.393 e. The average Bonchev–Trinajstić information content (AvgIpc) is 2.88. The number of rotatable bonds is 4. The van der Waals surface area contributed by atoms with E-state index in [1.807, 2.05) is 6.92 Å². The van der Waals surface area contributed by atoms with Crippen LogP contribution in [0.1, 0.15) is 37.6 Å². The summed E-state index contributed by atoms with van der Waals surface area (Å²) in [4.78, 5) is 4.09. The fourth-order valence-electron chi connectivity index (χ4n) is 2.06. The predicted molar refractivity (Wildman–Crippen MR) is 69.4 cm³/mol. The van der Waals surface area contributed by atoms with E-state index in [9.17, 15) is 18.3 Å². The summed E-state index contributed by atoms with van der Waals surface area (Å²) in [6, 6.07) is 4.72. The number of aromatic nitrogens is 2. The first-order valence-corrected chi connectivity index (χ1v) is 6.52. The number of halogens is 3. The number of alkyl halides is 3. The summed E-state index contributed by atoms with van der Waals surface area (Å²) in [6.07, 6.45) is -4.51. The summed E-state index contributed by atoms with van der Waals surface area (Å²) in [5.74, 6) is -0.0350. The number of hydrogen-bond donors (Lipinski definition) is 1. The van der Waals surface area contributed by atoms with E-state index in [1.165, 1.54) is 12.1 Å². The van der Waals surface area contributed by atoms with E-state index in [1.54, 1.807) is 6.92 Å². The minimum absolute atomic E-state index is 0.0789. The van der Waals surface area contributed by atoms with Gasteiger partial charge in [-0.25, -0.2) is 0 Å². The molecule has 1 aromatic carbocycles. The molecule has 0 aliphatic carbocycles. The zero-order chi connectivity index (χ0) is 15.6. The molecule has 0 saturated heterocycles. The monoisotopic (exact) mass is 300 g/mol. The number of aliphatic hydroxyl groups excluding tert-OH is 1. The van der Waals surface area contributed by atoms with Gasteiger partial charge in [-0.1, -0.05) is 24.2 Å². The van der Waals surface area contributed by atoms with Crippen molar-refractivity contribution in [1.82, 2.24) is 10.1 Å². The number of nitrogens with zero attached hydrogens (tertiary/aromatic N) is 2. The molecule has 0 saturated carbocycles. The van der Waals surface area contributed by atoms with Gasteiger partial charge in [0.2, 0.25) is 11.7 Å². The van der Waals surface area contributed by atoms with Crippen molar-refractivity contribution in [1.29, 1.82) is 0 Å². The third-order valence-electron chi connectivity index (χ3n) is 3.23. The molecule has 1 aromatic heterocycles. The van der Waals surface area contributed by atoms with E-state index in [2.05, 4.69) is 10.1 Å². The molecule has 114 valence electrons. The van der Waals surface area contributed by atoms with Crippen LogP contribution in [-0.4, -0.2) is 21.4 Å². The fraction of sp³-hybridized carbons (Fsp3) is 0.429. The van der Waals surface area contributed by atoms with Crippen LogP contribution in [0.25, 0.3) is 11.4 Å². The van der Waals surface area contributed by atoms with Crippen molar-refractivity contribution in [2.45, 2.75) is 38.5 Å². The van der Waals surface area contributed by atoms with Gasteiger partial charge in [-0.3, -0.25) is 0 Å². The summed E-state index contributed by atoms with van der Waals surface area (Å²) in [5, 5.41) is 13.3. The summed E-state index contributed by atoms with van der Waals surface area (Å²) in [6.45, 7) is 3.45. The number of hydrogen-bond acceptors (Lipinski definition) is 4. The van der Waals surface area contributed by atoms with Crippen molar-refractivity contribution in [3.8, 4) is 11.4 Å². The van der Waals surface area contributed by atoms with Crippen molar-refractivity contribution in [2.24, 2.45) is 0 Å². The van der Waals surface area contributed by atoms with Gasteiger partial charge in [-0.05, 0) is 25.5 Å². The predicted octanol–water partition coefficient (Wildman–Crippen LogP) is 3.63. The molecule has 4 nitrogen and oxygen atoms in total. The lowest BCUT2D eigenvalue weighted by atomic mass is 10.0. The van der Waals surface area contributed by atoms with Crippen LogP contribution in [0.15, 0.2) is 28.8 Å². The summed E-state index contributed by atoms with van der Waals surface area (Å²) < 4.78 is 43.1. The summed E-state index contributed by atoms with van der Waals surface area (Å²) in [7, 11) is 0. The van der Waals surface area contributed by atoms with Crippen molar-refractivity contribution in [3.63, 3.8) is 0 Å². The molecule has 2 atom stereocenters. The highest BCUT2D eigenvalue weighted by atomic mass is 19.4. The van der Waals surface area contributed by atoms with Crippen molar-refractivity contribution in [2.75, 3.05) is 0 Å². The van der Waals surface area contributed by atoms with Gasteiger partial charge in [-0.2, -0.15) is 18.2 Å². The van der Waals surface area contributed by atoms with Gasteiger partial charge in [0.1, 0.15) is 0 Å².